The maximum absolute atomic E-state index is 11.2. The second-order valence-corrected chi connectivity index (χ2v) is 6.67. The molecule has 96 valence electrons. The topological polar surface area (TPSA) is 79.5 Å². The van der Waals surface area contributed by atoms with Crippen LogP contribution in [0.3, 0.4) is 0 Å². The standard InChI is InChI=1S/C11H17NO4S/c13-10(11-2-1-5-16-11)8-12-9-3-6-17(14,15)7-4-9/h1-2,5,9-10,12-13H,3-4,6-8H2. The largest absolute Gasteiger partial charge is 0.467 e. The summed E-state index contributed by atoms with van der Waals surface area (Å²) in [5.41, 5.74) is 0. The number of aliphatic hydroxyl groups is 1. The number of rotatable bonds is 4. The minimum Gasteiger partial charge on any atom is -0.467 e. The van der Waals surface area contributed by atoms with Gasteiger partial charge in [0.25, 0.3) is 0 Å². The average Bonchev–Trinajstić information content (AvgIpc) is 2.80. The van der Waals surface area contributed by atoms with Crippen molar-refractivity contribution in [3.05, 3.63) is 24.2 Å². The number of sulfone groups is 1. The molecular formula is C11H17NO4S. The van der Waals surface area contributed by atoms with Crippen LogP contribution in [0.25, 0.3) is 0 Å². The molecule has 2 rings (SSSR count). The van der Waals surface area contributed by atoms with E-state index < -0.39 is 15.9 Å². The fourth-order valence-electron chi connectivity index (χ4n) is 1.95. The van der Waals surface area contributed by atoms with Crippen LogP contribution in [0.15, 0.2) is 22.8 Å². The fraction of sp³-hybridized carbons (Fsp3) is 0.636. The van der Waals surface area contributed by atoms with Gasteiger partial charge in [-0.25, -0.2) is 8.42 Å². The maximum Gasteiger partial charge on any atom is 0.150 e. The Balaban J connectivity index is 1.76. The fourth-order valence-corrected chi connectivity index (χ4v) is 3.45. The molecule has 5 nitrogen and oxygen atoms in total. The smallest absolute Gasteiger partial charge is 0.150 e. The SMILES string of the molecule is O=S1(=O)CCC(NCC(O)c2ccco2)CC1. The molecule has 1 aromatic rings. The van der Waals surface area contributed by atoms with E-state index >= 15 is 0 Å². The Labute approximate surface area is 101 Å². The van der Waals surface area contributed by atoms with Crippen LogP contribution in [0.2, 0.25) is 0 Å². The molecule has 1 aliphatic heterocycles. The van der Waals surface area contributed by atoms with Crippen molar-refractivity contribution < 1.29 is 17.9 Å². The summed E-state index contributed by atoms with van der Waals surface area (Å²) < 4.78 is 27.5. The van der Waals surface area contributed by atoms with Gasteiger partial charge in [0, 0.05) is 12.6 Å². The molecule has 1 atom stereocenters. The summed E-state index contributed by atoms with van der Waals surface area (Å²) in [6.45, 7) is 0.387. The first-order valence-electron chi connectivity index (χ1n) is 5.72. The first-order valence-corrected chi connectivity index (χ1v) is 7.54. The van der Waals surface area contributed by atoms with Crippen LogP contribution in [0.5, 0.6) is 0 Å². The average molecular weight is 259 g/mol. The zero-order chi connectivity index (χ0) is 12.3. The summed E-state index contributed by atoms with van der Waals surface area (Å²) in [5.74, 6) is 1.00. The van der Waals surface area contributed by atoms with Crippen LogP contribution in [0.1, 0.15) is 24.7 Å². The first kappa shape index (κ1) is 12.6. The molecule has 1 fully saturated rings. The summed E-state index contributed by atoms with van der Waals surface area (Å²) in [7, 11) is -2.82. The van der Waals surface area contributed by atoms with Gasteiger partial charge in [-0.1, -0.05) is 0 Å². The molecular weight excluding hydrogens is 242 g/mol. The van der Waals surface area contributed by atoms with Crippen LogP contribution in [0.4, 0.5) is 0 Å². The Bertz CT molecular complexity index is 426. The molecule has 0 aliphatic carbocycles. The second kappa shape index (κ2) is 5.20. The lowest BCUT2D eigenvalue weighted by atomic mass is 10.1. The normalized spacial score (nSPS) is 22.4. The van der Waals surface area contributed by atoms with Gasteiger partial charge in [-0.2, -0.15) is 0 Å². The molecule has 1 aliphatic rings. The first-order chi connectivity index (χ1) is 8.07. The minimum absolute atomic E-state index is 0.170. The van der Waals surface area contributed by atoms with Crippen LogP contribution < -0.4 is 5.32 Å². The van der Waals surface area contributed by atoms with Gasteiger partial charge in [-0.3, -0.25) is 0 Å². The van der Waals surface area contributed by atoms with Crippen LogP contribution in [-0.4, -0.2) is 37.6 Å². The zero-order valence-corrected chi connectivity index (χ0v) is 10.3. The zero-order valence-electron chi connectivity index (χ0n) is 9.50. The Morgan fingerprint density at radius 3 is 2.76 bits per heavy atom. The molecule has 0 bridgehead atoms. The van der Waals surface area contributed by atoms with E-state index in [2.05, 4.69) is 5.32 Å². The summed E-state index contributed by atoms with van der Waals surface area (Å²) in [5, 5.41) is 12.9. The quantitative estimate of drug-likeness (QED) is 0.822. The summed E-state index contributed by atoms with van der Waals surface area (Å²) in [6, 6.07) is 3.62. The lowest BCUT2D eigenvalue weighted by molar-refractivity contribution is 0.142. The van der Waals surface area contributed by atoms with E-state index in [1.54, 1.807) is 12.1 Å². The van der Waals surface area contributed by atoms with Gasteiger partial charge < -0.3 is 14.8 Å². The van der Waals surface area contributed by atoms with Crippen molar-refractivity contribution in [3.63, 3.8) is 0 Å². The molecule has 0 aromatic carbocycles. The predicted molar refractivity (Wildman–Crippen MR) is 63.3 cm³/mol. The van der Waals surface area contributed by atoms with Crippen molar-refractivity contribution in [2.45, 2.75) is 25.0 Å². The van der Waals surface area contributed by atoms with Crippen molar-refractivity contribution in [2.75, 3.05) is 18.1 Å². The third-order valence-electron chi connectivity index (χ3n) is 3.03. The Hall–Kier alpha value is -0.850. The Morgan fingerprint density at radius 1 is 1.47 bits per heavy atom. The lowest BCUT2D eigenvalue weighted by Gasteiger charge is -2.24. The molecule has 0 amide bonds. The molecule has 0 radical (unpaired) electrons. The summed E-state index contributed by atoms with van der Waals surface area (Å²) in [6.07, 6.45) is 2.08. The van der Waals surface area contributed by atoms with Crippen LogP contribution in [-0.2, 0) is 9.84 Å². The van der Waals surface area contributed by atoms with Gasteiger partial charge in [0.15, 0.2) is 0 Å². The van der Waals surface area contributed by atoms with E-state index in [-0.39, 0.29) is 17.5 Å². The number of furan rings is 1. The van der Waals surface area contributed by atoms with E-state index in [1.165, 1.54) is 6.26 Å². The Kier molecular flexibility index (Phi) is 3.86. The number of hydrogen-bond donors (Lipinski definition) is 2. The lowest BCUT2D eigenvalue weighted by Crippen LogP contribution is -2.39. The highest BCUT2D eigenvalue weighted by molar-refractivity contribution is 7.91. The molecule has 1 aromatic heterocycles. The number of hydrogen-bond acceptors (Lipinski definition) is 5. The molecule has 0 spiro atoms. The molecule has 17 heavy (non-hydrogen) atoms. The summed E-state index contributed by atoms with van der Waals surface area (Å²) >= 11 is 0. The van der Waals surface area contributed by atoms with Crippen LogP contribution in [0, 0.1) is 0 Å². The van der Waals surface area contributed by atoms with Gasteiger partial charge in [-0.15, -0.1) is 0 Å². The van der Waals surface area contributed by atoms with E-state index in [1.807, 2.05) is 0 Å². The highest BCUT2D eigenvalue weighted by atomic mass is 32.2. The van der Waals surface area contributed by atoms with E-state index in [9.17, 15) is 13.5 Å². The highest BCUT2D eigenvalue weighted by Gasteiger charge is 2.23. The third kappa shape index (κ3) is 3.55. The van der Waals surface area contributed by atoms with Crippen molar-refractivity contribution in [2.24, 2.45) is 0 Å². The molecule has 0 saturated carbocycles. The monoisotopic (exact) mass is 259 g/mol. The number of aliphatic hydroxyl groups excluding tert-OH is 1. The van der Waals surface area contributed by atoms with Crippen LogP contribution >= 0.6 is 0 Å². The van der Waals surface area contributed by atoms with Crippen molar-refractivity contribution >= 4 is 9.84 Å². The van der Waals surface area contributed by atoms with Gasteiger partial charge in [0.2, 0.25) is 0 Å². The molecule has 2 N–H and O–H groups in total. The van der Waals surface area contributed by atoms with Gasteiger partial charge >= 0.3 is 0 Å². The maximum atomic E-state index is 11.2. The second-order valence-electron chi connectivity index (χ2n) is 4.37. The summed E-state index contributed by atoms with van der Waals surface area (Å²) in [4.78, 5) is 0. The molecule has 2 heterocycles. The van der Waals surface area contributed by atoms with Crippen molar-refractivity contribution in [3.8, 4) is 0 Å². The van der Waals surface area contributed by atoms with Crippen molar-refractivity contribution in [1.82, 2.24) is 5.32 Å². The number of nitrogens with one attached hydrogen (secondary N) is 1. The Morgan fingerprint density at radius 2 is 2.18 bits per heavy atom. The molecule has 1 saturated heterocycles. The van der Waals surface area contributed by atoms with Gasteiger partial charge in [0.1, 0.15) is 21.7 Å². The predicted octanol–water partition coefficient (Wildman–Crippen LogP) is 0.480. The van der Waals surface area contributed by atoms with Crippen molar-refractivity contribution in [1.29, 1.82) is 0 Å². The molecule has 6 heteroatoms. The third-order valence-corrected chi connectivity index (χ3v) is 4.74. The van der Waals surface area contributed by atoms with E-state index in [4.69, 9.17) is 4.42 Å². The van der Waals surface area contributed by atoms with E-state index in [0.717, 1.165) is 0 Å². The van der Waals surface area contributed by atoms with Gasteiger partial charge in [-0.05, 0) is 25.0 Å². The van der Waals surface area contributed by atoms with E-state index in [0.29, 0.717) is 25.1 Å². The van der Waals surface area contributed by atoms with Gasteiger partial charge in [0.05, 0.1) is 17.8 Å². The highest BCUT2D eigenvalue weighted by Crippen LogP contribution is 2.15. The minimum atomic E-state index is -2.82. The molecule has 1 unspecified atom stereocenters.